The van der Waals surface area contributed by atoms with Crippen LogP contribution in [0.5, 0.6) is 0 Å². The zero-order chi connectivity index (χ0) is 24.4. The summed E-state index contributed by atoms with van der Waals surface area (Å²) in [4.78, 5) is 54.4. The average Bonchev–Trinajstić information content (AvgIpc) is 3.17. The molecular weight excluding hydrogens is 448 g/mol. The van der Waals surface area contributed by atoms with Gasteiger partial charge in [0, 0.05) is 12.7 Å². The molecule has 2 heterocycles. The summed E-state index contributed by atoms with van der Waals surface area (Å²) >= 11 is 1.07. The molecule has 0 aliphatic rings. The molecule has 3 rings (SSSR count). The van der Waals surface area contributed by atoms with Gasteiger partial charge in [-0.2, -0.15) is 5.10 Å². The van der Waals surface area contributed by atoms with E-state index in [1.165, 1.54) is 37.1 Å². The molecule has 33 heavy (non-hydrogen) atoms. The van der Waals surface area contributed by atoms with Crippen molar-refractivity contribution in [1.29, 1.82) is 0 Å². The van der Waals surface area contributed by atoms with Gasteiger partial charge in [-0.1, -0.05) is 0 Å². The Morgan fingerprint density at radius 3 is 2.09 bits per heavy atom. The molecule has 11 heteroatoms. The highest BCUT2D eigenvalue weighted by atomic mass is 32.1. The van der Waals surface area contributed by atoms with Crippen LogP contribution in [-0.4, -0.2) is 46.8 Å². The summed E-state index contributed by atoms with van der Waals surface area (Å²) in [5.74, 6) is -1.85. The third-order valence-electron chi connectivity index (χ3n) is 4.98. The van der Waals surface area contributed by atoms with E-state index in [-0.39, 0.29) is 27.3 Å². The van der Waals surface area contributed by atoms with E-state index >= 15 is 0 Å². The van der Waals surface area contributed by atoms with E-state index in [0.717, 1.165) is 11.3 Å². The third kappa shape index (κ3) is 4.67. The van der Waals surface area contributed by atoms with E-state index in [2.05, 4.69) is 15.4 Å². The van der Waals surface area contributed by atoms with Crippen molar-refractivity contribution in [2.24, 2.45) is 7.05 Å². The number of aromatic nitrogens is 3. The number of benzene rings is 1. The van der Waals surface area contributed by atoms with Crippen LogP contribution >= 0.6 is 11.3 Å². The Morgan fingerprint density at radius 2 is 1.55 bits per heavy atom. The van der Waals surface area contributed by atoms with Crippen molar-refractivity contribution in [3.8, 4) is 10.6 Å². The predicted molar refractivity (Wildman–Crippen MR) is 122 cm³/mol. The molecule has 3 aromatic rings. The minimum Gasteiger partial charge on any atom is -0.465 e. The van der Waals surface area contributed by atoms with Gasteiger partial charge < -0.3 is 14.8 Å². The van der Waals surface area contributed by atoms with Gasteiger partial charge in [-0.25, -0.2) is 19.3 Å². The highest BCUT2D eigenvalue weighted by molar-refractivity contribution is 7.17. The monoisotopic (exact) mass is 470 g/mol. The molecule has 0 fully saturated rings. The highest BCUT2D eigenvalue weighted by Crippen LogP contribution is 2.29. The minimum atomic E-state index is -0.674. The van der Waals surface area contributed by atoms with E-state index in [4.69, 9.17) is 9.47 Å². The number of amides is 1. The highest BCUT2D eigenvalue weighted by Gasteiger charge is 2.22. The van der Waals surface area contributed by atoms with Gasteiger partial charge in [-0.05, 0) is 44.5 Å². The maximum atomic E-state index is 13.0. The number of ether oxygens (including phenoxy) is 2. The number of rotatable bonds is 5. The zero-order valence-electron chi connectivity index (χ0n) is 18.9. The molecule has 2 aromatic heterocycles. The van der Waals surface area contributed by atoms with E-state index in [0.29, 0.717) is 27.5 Å². The lowest BCUT2D eigenvalue weighted by Gasteiger charge is -2.09. The lowest BCUT2D eigenvalue weighted by atomic mass is 10.1. The summed E-state index contributed by atoms with van der Waals surface area (Å²) in [6.45, 7) is 5.23. The van der Waals surface area contributed by atoms with Crippen molar-refractivity contribution in [3.05, 3.63) is 61.5 Å². The number of hydrogen-bond donors (Lipinski definition) is 1. The molecule has 10 nitrogen and oxygen atoms in total. The fourth-order valence-corrected chi connectivity index (χ4v) is 4.23. The molecule has 0 saturated carbocycles. The summed E-state index contributed by atoms with van der Waals surface area (Å²) in [7, 11) is 3.97. The fourth-order valence-electron chi connectivity index (χ4n) is 3.17. The molecule has 172 valence electrons. The molecule has 0 atom stereocenters. The van der Waals surface area contributed by atoms with Crippen LogP contribution in [0.25, 0.3) is 10.6 Å². The van der Waals surface area contributed by atoms with Crippen molar-refractivity contribution >= 4 is 34.9 Å². The molecule has 0 unspecified atom stereocenters. The molecule has 0 aliphatic carbocycles. The predicted octanol–water partition coefficient (Wildman–Crippen LogP) is 2.65. The summed E-state index contributed by atoms with van der Waals surface area (Å²) in [6, 6.07) is 4.09. The first-order chi connectivity index (χ1) is 15.6. The number of carbonyl (C=O) groups is 3. The first-order valence-electron chi connectivity index (χ1n) is 9.72. The molecule has 1 N–H and O–H groups in total. The van der Waals surface area contributed by atoms with Gasteiger partial charge in [-0.3, -0.25) is 9.59 Å². The van der Waals surface area contributed by atoms with Gasteiger partial charge in [0.05, 0.1) is 42.3 Å². The standard InChI is InChI=1S/C22H22N4O6S/c1-10-11(2)25-26(4)20(28)16(10)19-23-12(3)17(33-19)18(27)24-15-8-13(21(29)31-5)7-14(9-15)22(30)32-6/h7-9H,1-6H3,(H,24,27). The summed E-state index contributed by atoms with van der Waals surface area (Å²) < 4.78 is 10.7. The first kappa shape index (κ1) is 23.8. The third-order valence-corrected chi connectivity index (χ3v) is 6.15. The molecule has 0 spiro atoms. The van der Waals surface area contributed by atoms with Crippen LogP contribution in [-0.2, 0) is 16.5 Å². The second-order valence-electron chi connectivity index (χ2n) is 7.18. The van der Waals surface area contributed by atoms with Crippen molar-refractivity contribution in [3.63, 3.8) is 0 Å². The summed E-state index contributed by atoms with van der Waals surface area (Å²) in [5, 5.41) is 7.24. The lowest BCUT2D eigenvalue weighted by Crippen LogP contribution is -2.23. The van der Waals surface area contributed by atoms with Crippen LogP contribution < -0.4 is 10.9 Å². The first-order valence-corrected chi connectivity index (χ1v) is 10.5. The molecule has 1 amide bonds. The number of thiazole rings is 1. The minimum absolute atomic E-state index is 0.0730. The zero-order valence-corrected chi connectivity index (χ0v) is 19.7. The van der Waals surface area contributed by atoms with Crippen LogP contribution in [0, 0.1) is 20.8 Å². The number of hydrogen-bond acceptors (Lipinski definition) is 9. The molecule has 0 aliphatic heterocycles. The number of nitrogens with one attached hydrogen (secondary N) is 1. The molecular formula is C22H22N4O6S. The van der Waals surface area contributed by atoms with Crippen molar-refractivity contribution < 1.29 is 23.9 Å². The number of nitrogens with zero attached hydrogens (tertiary/aromatic N) is 3. The smallest absolute Gasteiger partial charge is 0.337 e. The summed E-state index contributed by atoms with van der Waals surface area (Å²) in [6.07, 6.45) is 0. The quantitative estimate of drug-likeness (QED) is 0.564. The Kier molecular flexibility index (Phi) is 6.73. The molecule has 0 saturated heterocycles. The van der Waals surface area contributed by atoms with Crippen molar-refractivity contribution in [1.82, 2.24) is 14.8 Å². The Balaban J connectivity index is 2.01. The number of aryl methyl sites for hydroxylation is 3. The summed E-state index contributed by atoms with van der Waals surface area (Å²) in [5.41, 5.74) is 2.22. The van der Waals surface area contributed by atoms with Gasteiger partial charge in [0.25, 0.3) is 11.5 Å². The number of esters is 2. The largest absolute Gasteiger partial charge is 0.465 e. The Labute approximate surface area is 193 Å². The maximum Gasteiger partial charge on any atom is 0.337 e. The van der Waals surface area contributed by atoms with Gasteiger partial charge in [0.1, 0.15) is 9.88 Å². The molecule has 0 radical (unpaired) electrons. The second-order valence-corrected chi connectivity index (χ2v) is 8.18. The second kappa shape index (κ2) is 9.33. The Morgan fingerprint density at radius 1 is 0.970 bits per heavy atom. The normalized spacial score (nSPS) is 10.6. The topological polar surface area (TPSA) is 129 Å². The van der Waals surface area contributed by atoms with E-state index < -0.39 is 17.8 Å². The van der Waals surface area contributed by atoms with Crippen molar-refractivity contribution in [2.45, 2.75) is 20.8 Å². The number of anilines is 1. The van der Waals surface area contributed by atoms with Crippen molar-refractivity contribution in [2.75, 3.05) is 19.5 Å². The molecule has 0 bridgehead atoms. The maximum absolute atomic E-state index is 13.0. The van der Waals surface area contributed by atoms with Gasteiger partial charge in [0.2, 0.25) is 0 Å². The SMILES string of the molecule is COC(=O)c1cc(NC(=O)c2sc(-c3c(C)c(C)nn(C)c3=O)nc2C)cc(C(=O)OC)c1. The lowest BCUT2D eigenvalue weighted by molar-refractivity contribution is 0.0599. The van der Waals surface area contributed by atoms with Crippen LogP contribution in [0.4, 0.5) is 5.69 Å². The Hall–Kier alpha value is -3.86. The van der Waals surface area contributed by atoms with Gasteiger partial charge in [0.15, 0.2) is 0 Å². The van der Waals surface area contributed by atoms with Crippen LogP contribution in [0.15, 0.2) is 23.0 Å². The van der Waals surface area contributed by atoms with Crippen LogP contribution in [0.2, 0.25) is 0 Å². The molecule has 1 aromatic carbocycles. The number of methoxy groups -OCH3 is 2. The van der Waals surface area contributed by atoms with Gasteiger partial charge >= 0.3 is 11.9 Å². The van der Waals surface area contributed by atoms with Crippen LogP contribution in [0.1, 0.15) is 47.3 Å². The fraction of sp³-hybridized carbons (Fsp3) is 0.273. The average molecular weight is 471 g/mol. The van der Waals surface area contributed by atoms with Crippen LogP contribution in [0.3, 0.4) is 0 Å². The van der Waals surface area contributed by atoms with E-state index in [9.17, 15) is 19.2 Å². The van der Waals surface area contributed by atoms with E-state index in [1.54, 1.807) is 27.8 Å². The van der Waals surface area contributed by atoms with E-state index in [1.807, 2.05) is 0 Å². The number of carbonyl (C=O) groups excluding carboxylic acids is 3. The Bertz CT molecular complexity index is 1310. The van der Waals surface area contributed by atoms with Gasteiger partial charge in [-0.15, -0.1) is 11.3 Å².